The van der Waals surface area contributed by atoms with Crippen molar-refractivity contribution in [2.24, 2.45) is 5.73 Å². The highest BCUT2D eigenvalue weighted by Crippen LogP contribution is 2.20. The van der Waals surface area contributed by atoms with Crippen LogP contribution in [0, 0.1) is 0 Å². The fourth-order valence-electron chi connectivity index (χ4n) is 2.09. The fraction of sp³-hybridized carbons (Fsp3) is 0.667. The molecule has 0 bridgehead atoms. The van der Waals surface area contributed by atoms with Gasteiger partial charge in [0.1, 0.15) is 17.2 Å². The van der Waals surface area contributed by atoms with Gasteiger partial charge in [0.2, 0.25) is 0 Å². The molecular formula is C12H19ClN4O. The molecule has 0 aromatic carbocycles. The minimum atomic E-state index is 0.354. The molecule has 6 heteroatoms. The molecular weight excluding hydrogens is 252 g/mol. The lowest BCUT2D eigenvalue weighted by molar-refractivity contribution is 0.0313. The molecule has 3 N–H and O–H groups in total. The van der Waals surface area contributed by atoms with E-state index in [0.717, 1.165) is 25.7 Å². The van der Waals surface area contributed by atoms with Crippen LogP contribution in [0.4, 0.5) is 5.82 Å². The summed E-state index contributed by atoms with van der Waals surface area (Å²) < 4.78 is 5.79. The fourth-order valence-corrected chi connectivity index (χ4v) is 2.26. The lowest BCUT2D eigenvalue weighted by atomic mass is 9.94. The number of anilines is 1. The summed E-state index contributed by atoms with van der Waals surface area (Å²) in [5.74, 6) is 0.654. The predicted molar refractivity (Wildman–Crippen MR) is 71.7 cm³/mol. The number of nitrogens with zero attached hydrogens (tertiary/aromatic N) is 2. The number of nitrogens with two attached hydrogens (primary N) is 1. The average Bonchev–Trinajstić information content (AvgIpc) is 2.39. The summed E-state index contributed by atoms with van der Waals surface area (Å²) in [6.45, 7) is 1.35. The van der Waals surface area contributed by atoms with Gasteiger partial charge in [0.25, 0.3) is 0 Å². The van der Waals surface area contributed by atoms with E-state index in [0.29, 0.717) is 36.1 Å². The third-order valence-corrected chi connectivity index (χ3v) is 3.41. The number of halogens is 1. The Bertz CT molecular complexity index is 369. The number of rotatable bonds is 5. The summed E-state index contributed by atoms with van der Waals surface area (Å²) in [7, 11) is 0. The molecule has 1 aliphatic rings. The maximum atomic E-state index is 5.93. The second kappa shape index (κ2) is 6.87. The molecule has 1 fully saturated rings. The predicted octanol–water partition coefficient (Wildman–Crippen LogP) is 1.83. The molecule has 1 saturated carbocycles. The van der Waals surface area contributed by atoms with Crippen LogP contribution in [0.1, 0.15) is 25.7 Å². The Morgan fingerprint density at radius 2 is 2.17 bits per heavy atom. The van der Waals surface area contributed by atoms with Crippen molar-refractivity contribution < 1.29 is 4.74 Å². The van der Waals surface area contributed by atoms with Crippen LogP contribution in [-0.2, 0) is 4.74 Å². The van der Waals surface area contributed by atoms with Gasteiger partial charge in [-0.25, -0.2) is 9.97 Å². The highest BCUT2D eigenvalue weighted by molar-refractivity contribution is 6.32. The number of hydrogen-bond acceptors (Lipinski definition) is 5. The summed E-state index contributed by atoms with van der Waals surface area (Å²) in [6.07, 6.45) is 7.65. The lowest BCUT2D eigenvalue weighted by Gasteiger charge is -2.26. The molecule has 0 atom stereocenters. The maximum Gasteiger partial charge on any atom is 0.148 e. The van der Waals surface area contributed by atoms with Crippen molar-refractivity contribution >= 4 is 17.4 Å². The van der Waals surface area contributed by atoms with Gasteiger partial charge in [-0.2, -0.15) is 0 Å². The molecule has 1 aliphatic carbocycles. The van der Waals surface area contributed by atoms with Gasteiger partial charge in [0.15, 0.2) is 0 Å². The van der Waals surface area contributed by atoms with Crippen molar-refractivity contribution in [3.63, 3.8) is 0 Å². The minimum Gasteiger partial charge on any atom is -0.376 e. The Morgan fingerprint density at radius 1 is 1.39 bits per heavy atom. The normalized spacial score (nSPS) is 23.9. The first kappa shape index (κ1) is 13.5. The molecule has 0 amide bonds. The van der Waals surface area contributed by atoms with Gasteiger partial charge in [0.05, 0.1) is 18.9 Å². The first-order chi connectivity index (χ1) is 8.75. The zero-order chi connectivity index (χ0) is 12.8. The van der Waals surface area contributed by atoms with Crippen molar-refractivity contribution in [1.29, 1.82) is 0 Å². The van der Waals surface area contributed by atoms with Gasteiger partial charge in [-0.15, -0.1) is 0 Å². The largest absolute Gasteiger partial charge is 0.376 e. The van der Waals surface area contributed by atoms with Crippen LogP contribution < -0.4 is 11.1 Å². The molecule has 0 unspecified atom stereocenters. The lowest BCUT2D eigenvalue weighted by Crippen LogP contribution is -2.31. The molecule has 0 spiro atoms. The van der Waals surface area contributed by atoms with E-state index in [1.54, 1.807) is 6.20 Å². The summed E-state index contributed by atoms with van der Waals surface area (Å²) in [5, 5.41) is 3.66. The topological polar surface area (TPSA) is 73.1 Å². The maximum absolute atomic E-state index is 5.93. The molecule has 18 heavy (non-hydrogen) atoms. The zero-order valence-electron chi connectivity index (χ0n) is 10.3. The molecule has 1 heterocycles. The van der Waals surface area contributed by atoms with Gasteiger partial charge in [-0.1, -0.05) is 11.6 Å². The molecule has 2 rings (SSSR count). The number of aromatic nitrogens is 2. The van der Waals surface area contributed by atoms with E-state index in [1.165, 1.54) is 6.33 Å². The Kier molecular flexibility index (Phi) is 5.16. The Hall–Kier alpha value is -0.910. The van der Waals surface area contributed by atoms with Crippen LogP contribution in [0.3, 0.4) is 0 Å². The highest BCUT2D eigenvalue weighted by Gasteiger charge is 2.18. The van der Waals surface area contributed by atoms with E-state index in [1.807, 2.05) is 0 Å². The Morgan fingerprint density at radius 3 is 2.89 bits per heavy atom. The van der Waals surface area contributed by atoms with Crippen LogP contribution in [0.5, 0.6) is 0 Å². The quantitative estimate of drug-likeness (QED) is 0.799. The minimum absolute atomic E-state index is 0.354. The SMILES string of the molecule is NC1CCC(OCCNc2ncncc2Cl)CC1. The number of ether oxygens (including phenoxy) is 1. The van der Waals surface area contributed by atoms with Crippen LogP contribution in [0.2, 0.25) is 5.02 Å². The average molecular weight is 271 g/mol. The summed E-state index contributed by atoms with van der Waals surface area (Å²) in [5.41, 5.74) is 5.85. The van der Waals surface area contributed by atoms with E-state index in [4.69, 9.17) is 22.1 Å². The highest BCUT2D eigenvalue weighted by atomic mass is 35.5. The first-order valence-corrected chi connectivity index (χ1v) is 6.70. The molecule has 0 saturated heterocycles. The molecule has 100 valence electrons. The van der Waals surface area contributed by atoms with Crippen LogP contribution in [0.15, 0.2) is 12.5 Å². The van der Waals surface area contributed by atoms with Crippen molar-refractivity contribution in [2.75, 3.05) is 18.5 Å². The molecule has 0 aliphatic heterocycles. The van der Waals surface area contributed by atoms with E-state index >= 15 is 0 Å². The van der Waals surface area contributed by atoms with Crippen LogP contribution >= 0.6 is 11.6 Å². The van der Waals surface area contributed by atoms with Crippen molar-refractivity contribution in [3.8, 4) is 0 Å². The summed E-state index contributed by atoms with van der Waals surface area (Å²) >= 11 is 5.93. The molecule has 5 nitrogen and oxygen atoms in total. The van der Waals surface area contributed by atoms with Gasteiger partial charge < -0.3 is 15.8 Å². The van der Waals surface area contributed by atoms with Crippen LogP contribution in [-0.4, -0.2) is 35.3 Å². The molecule has 1 aromatic heterocycles. The summed E-state index contributed by atoms with van der Waals surface area (Å²) in [4.78, 5) is 7.87. The Labute approximate surface area is 112 Å². The standard InChI is InChI=1S/C12H19ClN4O/c13-11-7-15-8-17-12(11)16-5-6-18-10-3-1-9(14)2-4-10/h7-10H,1-6,14H2,(H,15,16,17). The van der Waals surface area contributed by atoms with E-state index in [9.17, 15) is 0 Å². The second-order valence-electron chi connectivity index (χ2n) is 4.55. The van der Waals surface area contributed by atoms with Crippen molar-refractivity contribution in [3.05, 3.63) is 17.5 Å². The van der Waals surface area contributed by atoms with Crippen LogP contribution in [0.25, 0.3) is 0 Å². The third kappa shape index (κ3) is 4.08. The summed E-state index contributed by atoms with van der Waals surface area (Å²) in [6, 6.07) is 0.364. The number of hydrogen-bond donors (Lipinski definition) is 2. The van der Waals surface area contributed by atoms with E-state index in [-0.39, 0.29) is 0 Å². The van der Waals surface area contributed by atoms with E-state index in [2.05, 4.69) is 15.3 Å². The Balaban J connectivity index is 1.63. The van der Waals surface area contributed by atoms with E-state index < -0.39 is 0 Å². The van der Waals surface area contributed by atoms with Gasteiger partial charge in [-0.05, 0) is 25.7 Å². The third-order valence-electron chi connectivity index (χ3n) is 3.13. The number of nitrogens with one attached hydrogen (secondary N) is 1. The van der Waals surface area contributed by atoms with Gasteiger partial charge in [-0.3, -0.25) is 0 Å². The molecule has 1 aromatic rings. The second-order valence-corrected chi connectivity index (χ2v) is 4.96. The first-order valence-electron chi connectivity index (χ1n) is 6.32. The molecule has 0 radical (unpaired) electrons. The van der Waals surface area contributed by atoms with Crippen molar-refractivity contribution in [1.82, 2.24) is 9.97 Å². The zero-order valence-corrected chi connectivity index (χ0v) is 11.1. The van der Waals surface area contributed by atoms with Gasteiger partial charge in [0, 0.05) is 12.6 Å². The smallest absolute Gasteiger partial charge is 0.148 e. The van der Waals surface area contributed by atoms with Gasteiger partial charge >= 0.3 is 0 Å². The monoisotopic (exact) mass is 270 g/mol. The van der Waals surface area contributed by atoms with Crippen molar-refractivity contribution in [2.45, 2.75) is 37.8 Å².